The van der Waals surface area contributed by atoms with Crippen molar-refractivity contribution in [3.63, 3.8) is 0 Å². The first-order valence-electron chi connectivity index (χ1n) is 20.3. The summed E-state index contributed by atoms with van der Waals surface area (Å²) >= 11 is 0. The van der Waals surface area contributed by atoms with Gasteiger partial charge in [-0.1, -0.05) is 121 Å². The van der Waals surface area contributed by atoms with Crippen molar-refractivity contribution in [1.29, 1.82) is 0 Å². The van der Waals surface area contributed by atoms with E-state index in [9.17, 15) is 0 Å². The third-order valence-electron chi connectivity index (χ3n) is 12.9. The van der Waals surface area contributed by atoms with Crippen molar-refractivity contribution in [1.82, 2.24) is 8.97 Å². The van der Waals surface area contributed by atoms with Crippen molar-refractivity contribution in [2.24, 2.45) is 0 Å². The zero-order chi connectivity index (χ0) is 38.3. The van der Waals surface area contributed by atoms with Gasteiger partial charge in [-0.25, -0.2) is 0 Å². The van der Waals surface area contributed by atoms with Crippen LogP contribution in [0.5, 0.6) is 17.2 Å². The van der Waals surface area contributed by atoms with Crippen LogP contribution in [0.15, 0.2) is 188 Å². The number of aromatic nitrogens is 2. The van der Waals surface area contributed by atoms with Crippen molar-refractivity contribution in [2.45, 2.75) is 0 Å². The van der Waals surface area contributed by atoms with Crippen LogP contribution < -0.4 is 20.3 Å². The molecule has 0 spiro atoms. The molecule has 0 fully saturated rings. The fourth-order valence-electron chi connectivity index (χ4n) is 10.4. The second kappa shape index (κ2) is 11.4. The molecule has 0 saturated heterocycles. The predicted octanol–water partition coefficient (Wildman–Crippen LogP) is 12.5. The summed E-state index contributed by atoms with van der Waals surface area (Å²) < 4.78 is 18.9. The van der Waals surface area contributed by atoms with E-state index >= 15 is 0 Å². The minimum atomic E-state index is -0.306. The summed E-state index contributed by atoms with van der Waals surface area (Å²) in [7, 11) is 0. The highest BCUT2D eigenvalue weighted by Crippen LogP contribution is 2.46. The minimum absolute atomic E-state index is 0.306. The number of fused-ring (bicyclic) bond motifs is 13. The number of hydrogen-bond acceptors (Lipinski definition) is 2. The Labute approximate surface area is 339 Å². The topological polar surface area (TPSA) is 27.8 Å². The number of para-hydroxylation sites is 6. The van der Waals surface area contributed by atoms with Gasteiger partial charge in [0, 0.05) is 54.4 Å². The molecule has 12 aromatic rings. The standard InChI is InChI=1S/C54H31BN2O2/c1-7-19-45(56-46-20-8-2-14-36(46)37-15-3-9-21-47(37)56)35(13-1)32-25-26-44-51(30-32)58-52-31-34(27-41-40-18-6-12-24-50(40)59-55(44)53(41)52)33-28-42-38-16-4-10-22-48(38)57-49-23-11-5-17-39(49)43(29-33)54(42)57/h1-31H. The molecule has 0 atom stereocenters. The van der Waals surface area contributed by atoms with Gasteiger partial charge in [-0.05, 0) is 89.0 Å². The van der Waals surface area contributed by atoms with Crippen LogP contribution >= 0.6 is 0 Å². The molecule has 3 aromatic heterocycles. The monoisotopic (exact) mass is 750 g/mol. The fourth-order valence-corrected chi connectivity index (χ4v) is 10.4. The Balaban J connectivity index is 0.969. The maximum absolute atomic E-state index is 7.11. The summed E-state index contributed by atoms with van der Waals surface area (Å²) in [5, 5.41) is 7.53. The van der Waals surface area contributed by atoms with Gasteiger partial charge >= 0.3 is 6.92 Å². The van der Waals surface area contributed by atoms with Gasteiger partial charge in [0.1, 0.15) is 17.2 Å². The van der Waals surface area contributed by atoms with Crippen molar-refractivity contribution in [2.75, 3.05) is 0 Å². The first kappa shape index (κ1) is 31.3. The Bertz CT molecular complexity index is 3630. The van der Waals surface area contributed by atoms with E-state index in [1.165, 1.54) is 59.9 Å². The lowest BCUT2D eigenvalue weighted by atomic mass is 9.50. The van der Waals surface area contributed by atoms with Gasteiger partial charge in [-0.3, -0.25) is 0 Å². The molecular formula is C54H31BN2O2. The zero-order valence-electron chi connectivity index (χ0n) is 31.7. The van der Waals surface area contributed by atoms with Crippen LogP contribution in [0.3, 0.4) is 0 Å². The average Bonchev–Trinajstić information content (AvgIpc) is 3.94. The lowest BCUT2D eigenvalue weighted by Gasteiger charge is -2.33. The van der Waals surface area contributed by atoms with Crippen LogP contribution in [0.1, 0.15) is 0 Å². The summed E-state index contributed by atoms with van der Waals surface area (Å²) in [5.74, 6) is 2.52. The molecule has 5 heterocycles. The molecule has 0 saturated carbocycles. The van der Waals surface area contributed by atoms with Crippen LogP contribution in [0, 0.1) is 0 Å². The molecule has 59 heavy (non-hydrogen) atoms. The van der Waals surface area contributed by atoms with E-state index < -0.39 is 0 Å². The summed E-state index contributed by atoms with van der Waals surface area (Å²) in [4.78, 5) is 0. The van der Waals surface area contributed by atoms with Gasteiger partial charge in [0.2, 0.25) is 0 Å². The number of hydrogen-bond donors (Lipinski definition) is 0. The van der Waals surface area contributed by atoms with Crippen LogP contribution in [0.25, 0.3) is 99.0 Å². The second-order valence-corrected chi connectivity index (χ2v) is 16.0. The van der Waals surface area contributed by atoms with Crippen LogP contribution in [-0.4, -0.2) is 15.9 Å². The number of rotatable bonds is 3. The SMILES string of the molecule is c1ccc2c(c1)OB1c3ccc(-c4ccccc4-n4c5ccccc5c5ccccc54)cc3Oc3cc(-c4cc5c6ccccc6n6c7ccccc7c(c4)c56)cc-2c31. The van der Waals surface area contributed by atoms with E-state index in [1.807, 2.05) is 0 Å². The van der Waals surface area contributed by atoms with Gasteiger partial charge < -0.3 is 18.4 Å². The third kappa shape index (κ3) is 4.18. The van der Waals surface area contributed by atoms with E-state index in [1.54, 1.807) is 0 Å². The number of nitrogens with zero attached hydrogens (tertiary/aromatic N) is 2. The van der Waals surface area contributed by atoms with Gasteiger partial charge in [0.05, 0.1) is 33.3 Å². The lowest BCUT2D eigenvalue weighted by Crippen LogP contribution is -2.53. The molecule has 0 amide bonds. The van der Waals surface area contributed by atoms with E-state index in [4.69, 9.17) is 9.39 Å². The zero-order valence-corrected chi connectivity index (χ0v) is 31.7. The molecule has 272 valence electrons. The van der Waals surface area contributed by atoms with Crippen molar-refractivity contribution < 1.29 is 9.39 Å². The van der Waals surface area contributed by atoms with E-state index in [0.29, 0.717) is 0 Å². The third-order valence-corrected chi connectivity index (χ3v) is 12.9. The molecule has 0 N–H and O–H groups in total. The molecule has 9 aromatic carbocycles. The Kier molecular flexibility index (Phi) is 6.07. The second-order valence-electron chi connectivity index (χ2n) is 16.0. The van der Waals surface area contributed by atoms with Crippen molar-refractivity contribution in [3.05, 3.63) is 188 Å². The van der Waals surface area contributed by atoms with Crippen molar-refractivity contribution in [3.8, 4) is 56.3 Å². The fraction of sp³-hybridized carbons (Fsp3) is 0. The van der Waals surface area contributed by atoms with E-state index in [2.05, 4.69) is 197 Å². The first-order valence-corrected chi connectivity index (χ1v) is 20.3. The average molecular weight is 751 g/mol. The van der Waals surface area contributed by atoms with Crippen LogP contribution in [0.4, 0.5) is 0 Å². The Morgan fingerprint density at radius 1 is 0.373 bits per heavy atom. The molecule has 0 aliphatic carbocycles. The maximum atomic E-state index is 7.11. The predicted molar refractivity (Wildman–Crippen MR) is 244 cm³/mol. The van der Waals surface area contributed by atoms with Gasteiger partial charge in [-0.15, -0.1) is 0 Å². The lowest BCUT2D eigenvalue weighted by molar-refractivity contribution is 0.480. The Morgan fingerprint density at radius 2 is 0.915 bits per heavy atom. The summed E-state index contributed by atoms with van der Waals surface area (Å²) in [6.07, 6.45) is 0. The maximum Gasteiger partial charge on any atom is 0.434 e. The molecule has 14 rings (SSSR count). The molecule has 0 radical (unpaired) electrons. The van der Waals surface area contributed by atoms with Crippen LogP contribution in [-0.2, 0) is 0 Å². The van der Waals surface area contributed by atoms with Gasteiger partial charge in [-0.2, -0.15) is 0 Å². The number of benzene rings is 9. The van der Waals surface area contributed by atoms with Crippen LogP contribution in [0.2, 0.25) is 0 Å². The molecular weight excluding hydrogens is 719 g/mol. The highest BCUT2D eigenvalue weighted by Gasteiger charge is 2.41. The molecule has 2 aliphatic heterocycles. The highest BCUT2D eigenvalue weighted by molar-refractivity contribution is 6.84. The van der Waals surface area contributed by atoms with Crippen molar-refractivity contribution >= 4 is 77.7 Å². The largest absolute Gasteiger partial charge is 0.551 e. The Morgan fingerprint density at radius 3 is 1.61 bits per heavy atom. The molecule has 4 nitrogen and oxygen atoms in total. The first-order chi connectivity index (χ1) is 29.3. The summed E-state index contributed by atoms with van der Waals surface area (Å²) in [6.45, 7) is -0.306. The highest BCUT2D eigenvalue weighted by atomic mass is 16.5. The quantitative estimate of drug-likeness (QED) is 0.168. The normalized spacial score (nSPS) is 13.0. The van der Waals surface area contributed by atoms with E-state index in [0.717, 1.165) is 67.2 Å². The molecule has 0 unspecified atom stereocenters. The van der Waals surface area contributed by atoms with E-state index in [-0.39, 0.29) is 6.92 Å². The smallest absolute Gasteiger partial charge is 0.434 e. The summed E-state index contributed by atoms with van der Waals surface area (Å²) in [5.41, 5.74) is 16.1. The molecule has 0 bridgehead atoms. The molecule has 2 aliphatic rings. The number of ether oxygens (including phenoxy) is 1. The summed E-state index contributed by atoms with van der Waals surface area (Å²) in [6, 6.07) is 68.0. The Hall–Kier alpha value is -7.76. The van der Waals surface area contributed by atoms with Gasteiger partial charge in [0.25, 0.3) is 0 Å². The molecule has 5 heteroatoms. The van der Waals surface area contributed by atoms with Gasteiger partial charge in [0.15, 0.2) is 0 Å². The minimum Gasteiger partial charge on any atom is -0.551 e.